The summed E-state index contributed by atoms with van der Waals surface area (Å²) in [6.45, 7) is 2.77. The van der Waals surface area contributed by atoms with Crippen molar-refractivity contribution in [1.29, 1.82) is 0 Å². The van der Waals surface area contributed by atoms with Gasteiger partial charge in [0.15, 0.2) is 0 Å². The fraction of sp³-hybridized carbons (Fsp3) is 0.385. The first-order valence-corrected chi connectivity index (χ1v) is 6.56. The van der Waals surface area contributed by atoms with Crippen LogP contribution in [0.1, 0.15) is 22.8 Å². The number of hydrogen-bond donors (Lipinski definition) is 2. The Morgan fingerprint density at radius 3 is 2.89 bits per heavy atom. The van der Waals surface area contributed by atoms with Gasteiger partial charge in [0.25, 0.3) is 5.91 Å². The van der Waals surface area contributed by atoms with Gasteiger partial charge in [-0.1, -0.05) is 18.2 Å². The quantitative estimate of drug-likeness (QED) is 0.799. The maximum atomic E-state index is 12.1. The Bertz CT molecular complexity index is 476. The number of carbonyl (C=O) groups excluding carboxylic acids is 2. The zero-order valence-electron chi connectivity index (χ0n) is 10.2. The highest BCUT2D eigenvalue weighted by Gasteiger charge is 2.33. The van der Waals surface area contributed by atoms with E-state index in [2.05, 4.69) is 17.9 Å². The van der Waals surface area contributed by atoms with E-state index in [4.69, 9.17) is 0 Å². The molecule has 1 heterocycles. The van der Waals surface area contributed by atoms with Crippen molar-refractivity contribution < 1.29 is 9.59 Å². The molecule has 0 radical (unpaired) electrons. The fourth-order valence-electron chi connectivity index (χ4n) is 2.06. The molecule has 1 aliphatic heterocycles. The highest BCUT2D eigenvalue weighted by molar-refractivity contribution is 7.80. The lowest BCUT2D eigenvalue weighted by Crippen LogP contribution is -2.45. The SMILES string of the molecule is C[C@H](C(=O)NCCS)N1Cc2ccccc2C1=O. The summed E-state index contributed by atoms with van der Waals surface area (Å²) in [5.74, 6) is 0.386. The number of rotatable bonds is 4. The van der Waals surface area contributed by atoms with E-state index in [1.807, 2.05) is 18.2 Å². The molecule has 2 amide bonds. The third-order valence-electron chi connectivity index (χ3n) is 3.11. The smallest absolute Gasteiger partial charge is 0.255 e. The molecule has 0 saturated carbocycles. The molecule has 4 nitrogen and oxygen atoms in total. The van der Waals surface area contributed by atoms with Gasteiger partial charge >= 0.3 is 0 Å². The lowest BCUT2D eigenvalue weighted by Gasteiger charge is -2.23. The second-order valence-corrected chi connectivity index (χ2v) is 4.73. The number of nitrogens with one attached hydrogen (secondary N) is 1. The molecule has 1 N–H and O–H groups in total. The van der Waals surface area contributed by atoms with Crippen molar-refractivity contribution in [3.63, 3.8) is 0 Å². The number of amides is 2. The molecule has 96 valence electrons. The third-order valence-corrected chi connectivity index (χ3v) is 3.33. The number of benzene rings is 1. The molecule has 0 aromatic heterocycles. The Balaban J connectivity index is 2.09. The summed E-state index contributed by atoms with van der Waals surface area (Å²) in [6.07, 6.45) is 0. The number of carbonyl (C=O) groups is 2. The number of thiol groups is 1. The highest BCUT2D eigenvalue weighted by Crippen LogP contribution is 2.24. The van der Waals surface area contributed by atoms with E-state index < -0.39 is 6.04 Å². The number of nitrogens with zero attached hydrogens (tertiary/aromatic N) is 1. The zero-order valence-corrected chi connectivity index (χ0v) is 11.1. The molecule has 18 heavy (non-hydrogen) atoms. The zero-order chi connectivity index (χ0) is 13.1. The molecule has 0 spiro atoms. The van der Waals surface area contributed by atoms with E-state index in [9.17, 15) is 9.59 Å². The van der Waals surface area contributed by atoms with Gasteiger partial charge in [-0.15, -0.1) is 0 Å². The molecule has 1 aromatic rings. The predicted octanol–water partition coefficient (Wildman–Crippen LogP) is 1.08. The Kier molecular flexibility index (Phi) is 3.91. The van der Waals surface area contributed by atoms with Crippen LogP contribution in [0.5, 0.6) is 0 Å². The van der Waals surface area contributed by atoms with Gasteiger partial charge in [-0.25, -0.2) is 0 Å². The van der Waals surface area contributed by atoms with Gasteiger partial charge in [0.2, 0.25) is 5.91 Å². The summed E-state index contributed by atoms with van der Waals surface area (Å²) in [7, 11) is 0. The van der Waals surface area contributed by atoms with Gasteiger partial charge in [0.05, 0.1) is 0 Å². The van der Waals surface area contributed by atoms with Crippen LogP contribution in [0.2, 0.25) is 0 Å². The van der Waals surface area contributed by atoms with Crippen LogP contribution in [0.25, 0.3) is 0 Å². The van der Waals surface area contributed by atoms with Gasteiger partial charge in [0, 0.05) is 24.4 Å². The first-order chi connectivity index (χ1) is 8.65. The van der Waals surface area contributed by atoms with Crippen LogP contribution in [-0.4, -0.2) is 35.1 Å². The van der Waals surface area contributed by atoms with E-state index >= 15 is 0 Å². The summed E-state index contributed by atoms with van der Waals surface area (Å²) in [5.41, 5.74) is 1.68. The lowest BCUT2D eigenvalue weighted by molar-refractivity contribution is -0.125. The monoisotopic (exact) mass is 264 g/mol. The Morgan fingerprint density at radius 1 is 1.50 bits per heavy atom. The molecular weight excluding hydrogens is 248 g/mol. The van der Waals surface area contributed by atoms with Crippen LogP contribution in [0, 0.1) is 0 Å². The normalized spacial score (nSPS) is 15.4. The van der Waals surface area contributed by atoms with Crippen molar-refractivity contribution in [2.75, 3.05) is 12.3 Å². The molecule has 0 aliphatic carbocycles. The predicted molar refractivity (Wildman–Crippen MR) is 72.6 cm³/mol. The van der Waals surface area contributed by atoms with E-state index in [0.717, 1.165) is 5.56 Å². The van der Waals surface area contributed by atoms with Crippen molar-refractivity contribution in [2.45, 2.75) is 19.5 Å². The molecule has 2 rings (SSSR count). The van der Waals surface area contributed by atoms with Crippen molar-refractivity contribution in [3.8, 4) is 0 Å². The fourth-order valence-corrected chi connectivity index (χ4v) is 2.17. The van der Waals surface area contributed by atoms with Crippen molar-refractivity contribution >= 4 is 24.4 Å². The van der Waals surface area contributed by atoms with Crippen LogP contribution in [0.15, 0.2) is 24.3 Å². The molecule has 0 unspecified atom stereocenters. The van der Waals surface area contributed by atoms with Crippen molar-refractivity contribution in [3.05, 3.63) is 35.4 Å². The molecule has 0 fully saturated rings. The molecule has 1 aromatic carbocycles. The molecule has 5 heteroatoms. The van der Waals surface area contributed by atoms with E-state index in [1.54, 1.807) is 17.9 Å². The van der Waals surface area contributed by atoms with Crippen LogP contribution in [0.4, 0.5) is 0 Å². The van der Waals surface area contributed by atoms with Gasteiger partial charge in [-0.05, 0) is 18.6 Å². The average molecular weight is 264 g/mol. The largest absolute Gasteiger partial charge is 0.354 e. The average Bonchev–Trinajstić information content (AvgIpc) is 2.73. The van der Waals surface area contributed by atoms with Crippen LogP contribution < -0.4 is 5.32 Å². The standard InChI is InChI=1S/C13H16N2O2S/c1-9(12(16)14-6-7-18)15-8-10-4-2-3-5-11(10)13(15)17/h2-5,9,18H,6-8H2,1H3,(H,14,16)/t9-/m1/s1. The van der Waals surface area contributed by atoms with E-state index in [0.29, 0.717) is 24.4 Å². The lowest BCUT2D eigenvalue weighted by atomic mass is 10.1. The second kappa shape index (κ2) is 5.44. The minimum absolute atomic E-state index is 0.0703. The van der Waals surface area contributed by atoms with Crippen LogP contribution >= 0.6 is 12.6 Å². The van der Waals surface area contributed by atoms with Crippen molar-refractivity contribution in [2.24, 2.45) is 0 Å². The summed E-state index contributed by atoms with van der Waals surface area (Å²) < 4.78 is 0. The molecule has 1 aliphatic rings. The maximum Gasteiger partial charge on any atom is 0.255 e. The van der Waals surface area contributed by atoms with Gasteiger partial charge in [-0.2, -0.15) is 12.6 Å². The molecule has 0 bridgehead atoms. The van der Waals surface area contributed by atoms with Gasteiger partial charge < -0.3 is 10.2 Å². The first kappa shape index (κ1) is 13.0. The Hall–Kier alpha value is -1.49. The summed E-state index contributed by atoms with van der Waals surface area (Å²) in [6, 6.07) is 7.01. The van der Waals surface area contributed by atoms with Crippen molar-refractivity contribution in [1.82, 2.24) is 10.2 Å². The summed E-state index contributed by atoms with van der Waals surface area (Å²) in [5, 5.41) is 2.75. The number of fused-ring (bicyclic) bond motifs is 1. The minimum atomic E-state index is -0.454. The van der Waals surface area contributed by atoms with E-state index in [-0.39, 0.29) is 11.8 Å². The van der Waals surface area contributed by atoms with Gasteiger partial charge in [-0.3, -0.25) is 9.59 Å². The maximum absolute atomic E-state index is 12.1. The van der Waals surface area contributed by atoms with Crippen LogP contribution in [-0.2, 0) is 11.3 Å². The molecule has 1 atom stereocenters. The summed E-state index contributed by atoms with van der Waals surface area (Å²) >= 11 is 4.04. The highest BCUT2D eigenvalue weighted by atomic mass is 32.1. The second-order valence-electron chi connectivity index (χ2n) is 4.28. The first-order valence-electron chi connectivity index (χ1n) is 5.92. The summed E-state index contributed by atoms with van der Waals surface area (Å²) in [4.78, 5) is 25.6. The Labute approximate surface area is 112 Å². The number of hydrogen-bond acceptors (Lipinski definition) is 3. The molecular formula is C13H16N2O2S. The Morgan fingerprint density at radius 2 is 2.22 bits per heavy atom. The topological polar surface area (TPSA) is 49.4 Å². The van der Waals surface area contributed by atoms with E-state index in [1.165, 1.54) is 0 Å². The molecule has 0 saturated heterocycles. The third kappa shape index (κ3) is 2.36. The van der Waals surface area contributed by atoms with Crippen LogP contribution in [0.3, 0.4) is 0 Å². The minimum Gasteiger partial charge on any atom is -0.354 e. The van der Waals surface area contributed by atoms with Gasteiger partial charge in [0.1, 0.15) is 6.04 Å².